The largest absolute Gasteiger partial charge is 0.352 e. The molecule has 1 amide bonds. The van der Waals surface area contributed by atoms with Gasteiger partial charge in [-0.15, -0.1) is 0 Å². The molecule has 0 aromatic carbocycles. The second-order valence-electron chi connectivity index (χ2n) is 6.06. The van der Waals surface area contributed by atoms with E-state index in [1.807, 2.05) is 13.8 Å². The number of aromatic nitrogens is 3. The molecule has 1 aliphatic rings. The van der Waals surface area contributed by atoms with Gasteiger partial charge in [-0.05, 0) is 33.1 Å². The van der Waals surface area contributed by atoms with Gasteiger partial charge in [-0.2, -0.15) is 0 Å². The number of nitrogens with one attached hydrogen (secondary N) is 2. The van der Waals surface area contributed by atoms with Crippen LogP contribution in [0.3, 0.4) is 0 Å². The summed E-state index contributed by atoms with van der Waals surface area (Å²) in [6.45, 7) is 4.20. The van der Waals surface area contributed by atoms with Crippen LogP contribution in [0, 0.1) is 19.8 Å². The van der Waals surface area contributed by atoms with E-state index in [1.165, 1.54) is 6.07 Å². The van der Waals surface area contributed by atoms with E-state index in [0.29, 0.717) is 12.2 Å². The van der Waals surface area contributed by atoms with Crippen LogP contribution in [-0.2, 0) is 11.3 Å². The second-order valence-corrected chi connectivity index (χ2v) is 6.06. The summed E-state index contributed by atoms with van der Waals surface area (Å²) in [5.74, 6) is 0.0616. The average molecular weight is 303 g/mol. The molecule has 2 unspecified atom stereocenters. The Kier molecular flexibility index (Phi) is 3.74. The van der Waals surface area contributed by atoms with Gasteiger partial charge in [0.25, 0.3) is 5.56 Å². The molecular weight excluding hydrogens is 282 g/mol. The van der Waals surface area contributed by atoms with Crippen LogP contribution in [0.15, 0.2) is 10.9 Å². The van der Waals surface area contributed by atoms with Gasteiger partial charge in [0.1, 0.15) is 0 Å². The van der Waals surface area contributed by atoms with E-state index >= 15 is 0 Å². The van der Waals surface area contributed by atoms with Crippen molar-refractivity contribution in [2.45, 2.75) is 45.7 Å². The summed E-state index contributed by atoms with van der Waals surface area (Å²) in [7, 11) is 0. The Balaban J connectivity index is 1.79. The lowest BCUT2D eigenvalue weighted by atomic mass is 10.1. The van der Waals surface area contributed by atoms with E-state index in [1.54, 1.807) is 4.52 Å². The average Bonchev–Trinajstić information content (AvgIpc) is 3.04. The fourth-order valence-corrected chi connectivity index (χ4v) is 3.19. The lowest BCUT2D eigenvalue weighted by Gasteiger charge is -2.14. The van der Waals surface area contributed by atoms with Crippen LogP contribution in [0.2, 0.25) is 0 Å². The molecule has 1 fully saturated rings. The zero-order valence-electron chi connectivity index (χ0n) is 12.8. The van der Waals surface area contributed by atoms with E-state index in [2.05, 4.69) is 15.4 Å². The number of hydrogen-bond acceptors (Lipinski definition) is 4. The highest BCUT2D eigenvalue weighted by Gasteiger charge is 2.27. The normalized spacial score (nSPS) is 21.4. The van der Waals surface area contributed by atoms with Crippen molar-refractivity contribution in [3.63, 3.8) is 0 Å². The van der Waals surface area contributed by atoms with E-state index < -0.39 is 0 Å². The predicted octanol–water partition coefficient (Wildman–Crippen LogP) is 0.383. The third kappa shape index (κ3) is 2.64. The molecule has 1 aliphatic carbocycles. The smallest absolute Gasteiger partial charge is 0.266 e. The van der Waals surface area contributed by atoms with Gasteiger partial charge in [0.05, 0.1) is 0 Å². The van der Waals surface area contributed by atoms with Crippen LogP contribution in [0.5, 0.6) is 0 Å². The molecule has 0 aliphatic heterocycles. The molecule has 2 heterocycles. The van der Waals surface area contributed by atoms with Crippen LogP contribution in [0.4, 0.5) is 0 Å². The summed E-state index contributed by atoms with van der Waals surface area (Å²) in [5, 5.41) is 5.69. The summed E-state index contributed by atoms with van der Waals surface area (Å²) in [4.78, 5) is 28.0. The van der Waals surface area contributed by atoms with Gasteiger partial charge >= 0.3 is 0 Å². The van der Waals surface area contributed by atoms with E-state index in [9.17, 15) is 9.59 Å². The quantitative estimate of drug-likeness (QED) is 0.762. The molecule has 2 atom stereocenters. The monoisotopic (exact) mass is 303 g/mol. The van der Waals surface area contributed by atoms with E-state index in [4.69, 9.17) is 5.73 Å². The number of carbonyl (C=O) groups is 1. The van der Waals surface area contributed by atoms with Gasteiger partial charge in [-0.3, -0.25) is 14.7 Å². The maximum atomic E-state index is 12.2. The summed E-state index contributed by atoms with van der Waals surface area (Å²) in [5.41, 5.74) is 8.89. The van der Waals surface area contributed by atoms with Crippen LogP contribution in [0.25, 0.3) is 5.65 Å². The molecule has 0 saturated heterocycles. The molecule has 22 heavy (non-hydrogen) atoms. The zero-order chi connectivity index (χ0) is 15.9. The lowest BCUT2D eigenvalue weighted by Crippen LogP contribution is -2.30. The standard InChI is InChI=1S/C15H21N5O2/c1-8-12(7-17-15(22)10-3-4-11(16)5-10)9(2)20-13(18-8)6-14(21)19-20/h6,10-11H,3-5,7,16H2,1-2H3,(H,17,22)(H,19,21). The van der Waals surface area contributed by atoms with Crippen molar-refractivity contribution >= 4 is 11.6 Å². The van der Waals surface area contributed by atoms with Crippen molar-refractivity contribution in [1.82, 2.24) is 19.9 Å². The maximum absolute atomic E-state index is 12.2. The fraction of sp³-hybridized carbons (Fsp3) is 0.533. The first-order valence-electron chi connectivity index (χ1n) is 7.57. The van der Waals surface area contributed by atoms with Gasteiger partial charge in [0.15, 0.2) is 5.65 Å². The van der Waals surface area contributed by atoms with Gasteiger partial charge in [-0.1, -0.05) is 0 Å². The third-order valence-electron chi connectivity index (χ3n) is 4.49. The Bertz CT molecular complexity index is 776. The molecule has 1 saturated carbocycles. The van der Waals surface area contributed by atoms with Gasteiger partial charge < -0.3 is 11.1 Å². The number of carbonyl (C=O) groups excluding carboxylic acids is 1. The van der Waals surface area contributed by atoms with Crippen molar-refractivity contribution in [1.29, 1.82) is 0 Å². The number of aryl methyl sites for hydroxylation is 2. The first-order chi connectivity index (χ1) is 10.5. The SMILES string of the molecule is Cc1nc2cc(=O)[nH]n2c(C)c1CNC(=O)C1CCC(N)C1. The minimum absolute atomic E-state index is 0.0127. The molecule has 0 radical (unpaired) electrons. The highest BCUT2D eigenvalue weighted by atomic mass is 16.2. The first kappa shape index (κ1) is 14.8. The molecule has 4 N–H and O–H groups in total. The number of amides is 1. The predicted molar refractivity (Wildman–Crippen MR) is 82.4 cm³/mol. The Labute approximate surface area is 127 Å². The van der Waals surface area contributed by atoms with Crippen molar-refractivity contribution in [3.05, 3.63) is 33.4 Å². The van der Waals surface area contributed by atoms with Crippen LogP contribution >= 0.6 is 0 Å². The Hall–Kier alpha value is -2.15. The number of fused-ring (bicyclic) bond motifs is 1. The molecule has 7 heteroatoms. The number of H-pyrrole nitrogens is 1. The number of aromatic amines is 1. The van der Waals surface area contributed by atoms with Crippen molar-refractivity contribution in [3.8, 4) is 0 Å². The summed E-state index contributed by atoms with van der Waals surface area (Å²) < 4.78 is 1.66. The van der Waals surface area contributed by atoms with Crippen LogP contribution in [-0.4, -0.2) is 26.5 Å². The van der Waals surface area contributed by atoms with Gasteiger partial charge in [0.2, 0.25) is 5.91 Å². The van der Waals surface area contributed by atoms with Crippen molar-refractivity contribution in [2.24, 2.45) is 11.7 Å². The summed E-state index contributed by atoms with van der Waals surface area (Å²) in [6.07, 6.45) is 2.52. The summed E-state index contributed by atoms with van der Waals surface area (Å²) in [6, 6.07) is 1.60. The lowest BCUT2D eigenvalue weighted by molar-refractivity contribution is -0.125. The molecule has 0 spiro atoms. The number of hydrogen-bond donors (Lipinski definition) is 3. The minimum atomic E-state index is -0.184. The van der Waals surface area contributed by atoms with Crippen molar-refractivity contribution < 1.29 is 4.79 Å². The summed E-state index contributed by atoms with van der Waals surface area (Å²) >= 11 is 0. The zero-order valence-corrected chi connectivity index (χ0v) is 12.8. The molecule has 118 valence electrons. The molecule has 2 aromatic rings. The molecule has 0 bridgehead atoms. The Morgan fingerprint density at radius 2 is 2.27 bits per heavy atom. The Morgan fingerprint density at radius 3 is 2.95 bits per heavy atom. The van der Waals surface area contributed by atoms with Crippen molar-refractivity contribution in [2.75, 3.05) is 0 Å². The van der Waals surface area contributed by atoms with E-state index in [-0.39, 0.29) is 23.4 Å². The Morgan fingerprint density at radius 1 is 1.50 bits per heavy atom. The van der Waals surface area contributed by atoms with Gasteiger partial charge in [-0.25, -0.2) is 9.50 Å². The second kappa shape index (κ2) is 5.57. The van der Waals surface area contributed by atoms with Gasteiger partial charge in [0, 0.05) is 41.5 Å². The molecule has 2 aromatic heterocycles. The highest BCUT2D eigenvalue weighted by Crippen LogP contribution is 2.24. The highest BCUT2D eigenvalue weighted by molar-refractivity contribution is 5.79. The van der Waals surface area contributed by atoms with Crippen LogP contribution in [0.1, 0.15) is 36.2 Å². The fourth-order valence-electron chi connectivity index (χ4n) is 3.19. The molecule has 7 nitrogen and oxygen atoms in total. The van der Waals surface area contributed by atoms with Crippen LogP contribution < -0.4 is 16.6 Å². The molecule has 3 rings (SSSR count). The third-order valence-corrected chi connectivity index (χ3v) is 4.49. The number of nitrogens with zero attached hydrogens (tertiary/aromatic N) is 2. The topological polar surface area (TPSA) is 105 Å². The first-order valence-corrected chi connectivity index (χ1v) is 7.57. The minimum Gasteiger partial charge on any atom is -0.352 e. The number of nitrogens with two attached hydrogens (primary N) is 1. The maximum Gasteiger partial charge on any atom is 0.266 e. The van der Waals surface area contributed by atoms with E-state index in [0.717, 1.165) is 36.2 Å². The molecular formula is C15H21N5O2. The number of rotatable bonds is 3.